The van der Waals surface area contributed by atoms with Gasteiger partial charge in [-0.1, -0.05) is 13.8 Å². The summed E-state index contributed by atoms with van der Waals surface area (Å²) in [5.74, 6) is -0.343. The van der Waals surface area contributed by atoms with E-state index in [0.29, 0.717) is 11.5 Å². The van der Waals surface area contributed by atoms with E-state index in [0.717, 1.165) is 30.1 Å². The minimum atomic E-state index is -0.435. The van der Waals surface area contributed by atoms with Gasteiger partial charge in [0.1, 0.15) is 11.6 Å². The Bertz CT molecular complexity index is 597. The number of nitrogens with zero attached hydrogens (tertiary/aromatic N) is 2. The number of nitrogens with one attached hydrogen (secondary N) is 1. The average Bonchev–Trinajstić information content (AvgIpc) is 2.70. The fourth-order valence-corrected chi connectivity index (χ4v) is 2.03. The molecule has 21 heavy (non-hydrogen) atoms. The second-order valence-corrected chi connectivity index (χ2v) is 5.33. The van der Waals surface area contributed by atoms with Crippen molar-refractivity contribution in [3.05, 3.63) is 47.3 Å². The lowest BCUT2D eigenvalue weighted by Gasteiger charge is -2.06. The van der Waals surface area contributed by atoms with Crippen molar-refractivity contribution in [3.8, 4) is 0 Å². The van der Waals surface area contributed by atoms with Gasteiger partial charge in [0.2, 0.25) is 0 Å². The Morgan fingerprint density at radius 2 is 2.00 bits per heavy atom. The van der Waals surface area contributed by atoms with Crippen LogP contribution in [0.15, 0.2) is 24.4 Å². The molecule has 0 saturated carbocycles. The lowest BCUT2D eigenvalue weighted by molar-refractivity contribution is 0.481. The number of aryl methyl sites for hydroxylation is 1. The van der Waals surface area contributed by atoms with Crippen molar-refractivity contribution in [1.29, 1.82) is 0 Å². The molecule has 6 heteroatoms. The predicted octanol–water partition coefficient (Wildman–Crippen LogP) is 4.16. The summed E-state index contributed by atoms with van der Waals surface area (Å²) in [6.45, 7) is 7.19. The number of hydrogen-bond donors (Lipinski definition) is 1. The molecule has 0 atom stereocenters. The van der Waals surface area contributed by atoms with Crippen molar-refractivity contribution in [3.63, 3.8) is 0 Å². The molecule has 0 bridgehead atoms. The van der Waals surface area contributed by atoms with Crippen LogP contribution in [0.3, 0.4) is 0 Å². The van der Waals surface area contributed by atoms with E-state index >= 15 is 0 Å². The molecule has 1 aromatic heterocycles. The van der Waals surface area contributed by atoms with Crippen LogP contribution in [0.25, 0.3) is 0 Å². The number of rotatable bonds is 5. The van der Waals surface area contributed by atoms with Crippen molar-refractivity contribution in [1.82, 2.24) is 9.78 Å². The number of benzene rings is 1. The van der Waals surface area contributed by atoms with Crippen molar-refractivity contribution in [2.45, 2.75) is 33.9 Å². The van der Waals surface area contributed by atoms with Crippen LogP contribution in [0.4, 0.5) is 14.5 Å². The molecule has 0 saturated heterocycles. The van der Waals surface area contributed by atoms with Crippen LogP contribution in [0.1, 0.15) is 25.1 Å². The van der Waals surface area contributed by atoms with E-state index in [1.54, 1.807) is 0 Å². The summed E-state index contributed by atoms with van der Waals surface area (Å²) in [5, 5.41) is 7.49. The fourth-order valence-electron chi connectivity index (χ4n) is 2.03. The summed E-state index contributed by atoms with van der Waals surface area (Å²) in [4.78, 5) is 0. The van der Waals surface area contributed by atoms with Gasteiger partial charge in [-0.15, -0.1) is 12.4 Å². The van der Waals surface area contributed by atoms with Crippen molar-refractivity contribution in [2.24, 2.45) is 5.92 Å². The highest BCUT2D eigenvalue weighted by Crippen LogP contribution is 2.16. The van der Waals surface area contributed by atoms with Gasteiger partial charge in [-0.3, -0.25) is 4.68 Å². The first-order valence-corrected chi connectivity index (χ1v) is 6.67. The predicted molar refractivity (Wildman–Crippen MR) is 82.7 cm³/mol. The summed E-state index contributed by atoms with van der Waals surface area (Å²) in [6, 6.07) is 3.46. The maximum atomic E-state index is 13.5. The Hall–Kier alpha value is -1.62. The van der Waals surface area contributed by atoms with Crippen LogP contribution < -0.4 is 5.32 Å². The molecule has 3 nitrogen and oxygen atoms in total. The molecule has 0 radical (unpaired) electrons. The van der Waals surface area contributed by atoms with Gasteiger partial charge in [-0.05, 0) is 31.0 Å². The van der Waals surface area contributed by atoms with Crippen LogP contribution >= 0.6 is 12.4 Å². The van der Waals surface area contributed by atoms with Gasteiger partial charge >= 0.3 is 0 Å². The zero-order valence-corrected chi connectivity index (χ0v) is 13.2. The molecule has 0 aliphatic carbocycles. The third-order valence-electron chi connectivity index (χ3n) is 2.98. The molecule has 2 aromatic rings. The number of halogens is 3. The summed E-state index contributed by atoms with van der Waals surface area (Å²) < 4.78 is 28.5. The third kappa shape index (κ3) is 4.70. The molecular weight excluding hydrogens is 296 g/mol. The van der Waals surface area contributed by atoms with Gasteiger partial charge in [0.25, 0.3) is 0 Å². The molecule has 1 N–H and O–H groups in total. The van der Waals surface area contributed by atoms with E-state index in [2.05, 4.69) is 24.3 Å². The summed E-state index contributed by atoms with van der Waals surface area (Å²) in [7, 11) is 0. The highest BCUT2D eigenvalue weighted by atomic mass is 35.5. The minimum absolute atomic E-state index is 0. The van der Waals surface area contributed by atoms with Crippen molar-refractivity contribution in [2.75, 3.05) is 5.32 Å². The maximum Gasteiger partial charge on any atom is 0.128 e. The molecule has 0 spiro atoms. The molecule has 1 aromatic carbocycles. The Kier molecular flexibility index (Phi) is 6.15. The first-order valence-electron chi connectivity index (χ1n) is 6.67. The van der Waals surface area contributed by atoms with E-state index < -0.39 is 11.6 Å². The molecule has 0 fully saturated rings. The fraction of sp³-hybridized carbons (Fsp3) is 0.400. The van der Waals surface area contributed by atoms with E-state index in [4.69, 9.17) is 0 Å². The highest BCUT2D eigenvalue weighted by molar-refractivity contribution is 5.85. The quantitative estimate of drug-likeness (QED) is 0.898. The number of aromatic nitrogens is 2. The Morgan fingerprint density at radius 1 is 1.29 bits per heavy atom. The standard InChI is InChI=1S/C15H19F2N3.ClH/c1-10(2)8-20-9-15(11(3)19-20)18-7-12-6-13(16)4-5-14(12)17;/h4-6,9-10,18H,7-8H2,1-3H3;1H. The normalized spacial score (nSPS) is 10.6. The smallest absolute Gasteiger partial charge is 0.128 e. The second-order valence-electron chi connectivity index (χ2n) is 5.33. The van der Waals surface area contributed by atoms with Gasteiger partial charge in [0.15, 0.2) is 0 Å². The first kappa shape index (κ1) is 17.4. The van der Waals surface area contributed by atoms with Gasteiger partial charge in [-0.2, -0.15) is 5.10 Å². The molecule has 116 valence electrons. The topological polar surface area (TPSA) is 29.9 Å². The first-order chi connectivity index (χ1) is 9.45. The van der Waals surface area contributed by atoms with E-state index in [1.807, 2.05) is 17.8 Å². The number of anilines is 1. The lowest BCUT2D eigenvalue weighted by atomic mass is 10.2. The Morgan fingerprint density at radius 3 is 2.67 bits per heavy atom. The van der Waals surface area contributed by atoms with Crippen LogP contribution in [0.5, 0.6) is 0 Å². The van der Waals surface area contributed by atoms with Crippen molar-refractivity contribution < 1.29 is 8.78 Å². The molecule has 0 aliphatic rings. The van der Waals surface area contributed by atoms with Gasteiger partial charge < -0.3 is 5.32 Å². The summed E-state index contributed by atoms with van der Waals surface area (Å²) in [6.07, 6.45) is 1.90. The Balaban J connectivity index is 0.00000220. The Labute approximate surface area is 129 Å². The zero-order chi connectivity index (χ0) is 14.7. The molecule has 2 rings (SSSR count). The van der Waals surface area contributed by atoms with Gasteiger partial charge in [0.05, 0.1) is 11.4 Å². The molecule has 0 unspecified atom stereocenters. The van der Waals surface area contributed by atoms with Crippen LogP contribution in [0.2, 0.25) is 0 Å². The monoisotopic (exact) mass is 315 g/mol. The largest absolute Gasteiger partial charge is 0.378 e. The summed E-state index contributed by atoms with van der Waals surface area (Å²) >= 11 is 0. The average molecular weight is 316 g/mol. The maximum absolute atomic E-state index is 13.5. The van der Waals surface area contributed by atoms with Gasteiger partial charge in [0, 0.05) is 24.8 Å². The lowest BCUT2D eigenvalue weighted by Crippen LogP contribution is -2.04. The third-order valence-corrected chi connectivity index (χ3v) is 2.98. The van der Waals surface area contributed by atoms with Crippen LogP contribution in [-0.2, 0) is 13.1 Å². The summed E-state index contributed by atoms with van der Waals surface area (Å²) in [5.41, 5.74) is 2.00. The molecule has 1 heterocycles. The van der Waals surface area contributed by atoms with Crippen molar-refractivity contribution >= 4 is 18.1 Å². The highest BCUT2D eigenvalue weighted by Gasteiger charge is 2.08. The molecular formula is C15H20ClF2N3. The van der Waals surface area contributed by atoms with E-state index in [1.165, 1.54) is 6.07 Å². The minimum Gasteiger partial charge on any atom is -0.378 e. The zero-order valence-electron chi connectivity index (χ0n) is 12.4. The van der Waals surface area contributed by atoms with E-state index in [9.17, 15) is 8.78 Å². The van der Waals surface area contributed by atoms with E-state index in [-0.39, 0.29) is 19.0 Å². The second kappa shape index (κ2) is 7.41. The molecule has 0 aliphatic heterocycles. The van der Waals surface area contributed by atoms with Crippen LogP contribution in [0, 0.1) is 24.5 Å². The molecule has 0 amide bonds. The van der Waals surface area contributed by atoms with Gasteiger partial charge in [-0.25, -0.2) is 8.78 Å². The van der Waals surface area contributed by atoms with Crippen LogP contribution in [-0.4, -0.2) is 9.78 Å². The SMILES string of the molecule is Cc1nn(CC(C)C)cc1NCc1cc(F)ccc1F.Cl. The number of hydrogen-bond acceptors (Lipinski definition) is 2.